The number of anilines is 2. The number of aryl methyl sites for hydroxylation is 1. The second-order valence-electron chi connectivity index (χ2n) is 5.47. The van der Waals surface area contributed by atoms with Gasteiger partial charge in [0, 0.05) is 17.3 Å². The van der Waals surface area contributed by atoms with Gasteiger partial charge in [0.2, 0.25) is 16.0 Å². The Morgan fingerprint density at radius 2 is 1.96 bits per heavy atom. The molecule has 25 heavy (non-hydrogen) atoms. The molecule has 126 valence electrons. The standard InChI is InChI=1S/C16H13N5O2S2/c1-9-19-15-13(24-9)6-5-10-8-18-16(21-14(10)15)20-11-3-2-4-12(7-11)25(17,22)23/h2-8H,1H3,(H2,17,22,23)(H,18,20,21). The van der Waals surface area contributed by atoms with E-state index in [1.165, 1.54) is 12.1 Å². The highest BCUT2D eigenvalue weighted by Crippen LogP contribution is 2.28. The van der Waals surface area contributed by atoms with Gasteiger partial charge in [-0.05, 0) is 37.3 Å². The molecule has 0 radical (unpaired) electrons. The molecule has 0 saturated heterocycles. The van der Waals surface area contributed by atoms with Crippen molar-refractivity contribution in [3.8, 4) is 0 Å². The largest absolute Gasteiger partial charge is 0.324 e. The number of benzene rings is 2. The molecule has 0 unspecified atom stereocenters. The lowest BCUT2D eigenvalue weighted by atomic mass is 10.2. The van der Waals surface area contributed by atoms with E-state index in [9.17, 15) is 8.42 Å². The normalized spacial score (nSPS) is 11.9. The molecule has 4 rings (SSSR count). The van der Waals surface area contributed by atoms with Crippen LogP contribution in [0, 0.1) is 6.92 Å². The van der Waals surface area contributed by atoms with E-state index in [4.69, 9.17) is 5.14 Å². The van der Waals surface area contributed by atoms with Crippen LogP contribution in [0.5, 0.6) is 0 Å². The third-order valence-electron chi connectivity index (χ3n) is 3.63. The smallest absolute Gasteiger partial charge is 0.238 e. The number of hydrogen-bond donors (Lipinski definition) is 2. The number of sulfonamides is 1. The fourth-order valence-electron chi connectivity index (χ4n) is 2.53. The zero-order valence-corrected chi connectivity index (χ0v) is 14.7. The maximum Gasteiger partial charge on any atom is 0.238 e. The molecule has 2 aromatic heterocycles. The van der Waals surface area contributed by atoms with Gasteiger partial charge in [0.25, 0.3) is 0 Å². The average molecular weight is 371 g/mol. The fraction of sp³-hybridized carbons (Fsp3) is 0.0625. The van der Waals surface area contributed by atoms with Gasteiger partial charge in [-0.3, -0.25) is 0 Å². The second kappa shape index (κ2) is 5.73. The summed E-state index contributed by atoms with van der Waals surface area (Å²) >= 11 is 1.61. The van der Waals surface area contributed by atoms with Crippen LogP contribution in [0.1, 0.15) is 5.01 Å². The van der Waals surface area contributed by atoms with Crippen molar-refractivity contribution in [2.75, 3.05) is 5.32 Å². The van der Waals surface area contributed by atoms with Crippen molar-refractivity contribution in [1.82, 2.24) is 15.0 Å². The van der Waals surface area contributed by atoms with Crippen LogP contribution in [0.3, 0.4) is 0 Å². The molecule has 3 N–H and O–H groups in total. The Balaban J connectivity index is 1.78. The zero-order chi connectivity index (χ0) is 17.6. The first kappa shape index (κ1) is 15.9. The highest BCUT2D eigenvalue weighted by Gasteiger charge is 2.11. The van der Waals surface area contributed by atoms with Crippen molar-refractivity contribution >= 4 is 54.1 Å². The Bertz CT molecular complexity index is 1220. The van der Waals surface area contributed by atoms with E-state index < -0.39 is 10.0 Å². The van der Waals surface area contributed by atoms with Crippen LogP contribution < -0.4 is 10.5 Å². The number of aromatic nitrogens is 3. The number of nitrogens with one attached hydrogen (secondary N) is 1. The summed E-state index contributed by atoms with van der Waals surface area (Å²) < 4.78 is 24.0. The number of fused-ring (bicyclic) bond motifs is 3. The van der Waals surface area contributed by atoms with Crippen molar-refractivity contribution in [2.24, 2.45) is 5.14 Å². The maximum absolute atomic E-state index is 11.5. The summed E-state index contributed by atoms with van der Waals surface area (Å²) in [6, 6.07) is 10.2. The minimum atomic E-state index is -3.77. The zero-order valence-electron chi connectivity index (χ0n) is 13.1. The summed E-state index contributed by atoms with van der Waals surface area (Å²) in [6.45, 7) is 1.95. The predicted molar refractivity (Wildman–Crippen MR) is 98.6 cm³/mol. The molecule has 0 aliphatic heterocycles. The monoisotopic (exact) mass is 371 g/mol. The highest BCUT2D eigenvalue weighted by atomic mass is 32.2. The first-order chi connectivity index (χ1) is 11.9. The van der Waals surface area contributed by atoms with Crippen molar-refractivity contribution in [3.05, 3.63) is 47.6 Å². The van der Waals surface area contributed by atoms with Crippen molar-refractivity contribution < 1.29 is 8.42 Å². The Morgan fingerprint density at radius 3 is 2.76 bits per heavy atom. The molecule has 0 bridgehead atoms. The van der Waals surface area contributed by atoms with Gasteiger partial charge in [-0.25, -0.2) is 28.5 Å². The molecule has 0 saturated carbocycles. The van der Waals surface area contributed by atoms with Crippen molar-refractivity contribution in [1.29, 1.82) is 0 Å². The Hall–Kier alpha value is -2.62. The fourth-order valence-corrected chi connectivity index (χ4v) is 3.92. The molecule has 0 aliphatic carbocycles. The molecule has 0 fully saturated rings. The van der Waals surface area contributed by atoms with Gasteiger partial charge in [-0.1, -0.05) is 6.07 Å². The van der Waals surface area contributed by atoms with Crippen molar-refractivity contribution in [3.63, 3.8) is 0 Å². The van der Waals surface area contributed by atoms with E-state index in [0.29, 0.717) is 11.6 Å². The molecule has 9 heteroatoms. The number of primary sulfonamides is 1. The molecule has 4 aromatic rings. The number of thiazole rings is 1. The third kappa shape index (κ3) is 3.04. The first-order valence-corrected chi connectivity index (χ1v) is 9.69. The van der Waals surface area contributed by atoms with E-state index in [0.717, 1.165) is 26.1 Å². The van der Waals surface area contributed by atoms with Gasteiger partial charge >= 0.3 is 0 Å². The Morgan fingerprint density at radius 1 is 1.12 bits per heavy atom. The van der Waals surface area contributed by atoms with Crippen LogP contribution in [0.25, 0.3) is 21.1 Å². The lowest BCUT2D eigenvalue weighted by Crippen LogP contribution is -2.12. The molecule has 0 amide bonds. The van der Waals surface area contributed by atoms with E-state index in [2.05, 4.69) is 20.3 Å². The molecular formula is C16H13N5O2S2. The number of nitrogens with two attached hydrogens (primary N) is 1. The number of hydrogen-bond acceptors (Lipinski definition) is 7. The molecule has 7 nitrogen and oxygen atoms in total. The summed E-state index contributed by atoms with van der Waals surface area (Å²) in [5.41, 5.74) is 2.12. The molecule has 0 spiro atoms. The lowest BCUT2D eigenvalue weighted by Gasteiger charge is -2.07. The highest BCUT2D eigenvalue weighted by molar-refractivity contribution is 7.89. The summed E-state index contributed by atoms with van der Waals surface area (Å²) in [6.07, 6.45) is 1.71. The van der Waals surface area contributed by atoms with E-state index >= 15 is 0 Å². The number of rotatable bonds is 3. The van der Waals surface area contributed by atoms with Gasteiger partial charge in [0.1, 0.15) is 11.0 Å². The minimum absolute atomic E-state index is 0.0239. The quantitative estimate of drug-likeness (QED) is 0.573. The van der Waals surface area contributed by atoms with Crippen LogP contribution in [-0.2, 0) is 10.0 Å². The molecule has 0 aliphatic rings. The van der Waals surface area contributed by atoms with Gasteiger partial charge in [0.15, 0.2) is 0 Å². The molecular weight excluding hydrogens is 358 g/mol. The first-order valence-electron chi connectivity index (χ1n) is 7.33. The summed E-state index contributed by atoms with van der Waals surface area (Å²) in [5.74, 6) is 0.359. The van der Waals surface area contributed by atoms with Crippen LogP contribution in [0.15, 0.2) is 47.5 Å². The van der Waals surface area contributed by atoms with Gasteiger partial charge in [0.05, 0.1) is 14.6 Å². The predicted octanol–water partition coefficient (Wildman–Crippen LogP) is 2.94. The van der Waals surface area contributed by atoms with E-state index in [-0.39, 0.29) is 4.90 Å². The lowest BCUT2D eigenvalue weighted by molar-refractivity contribution is 0.598. The molecule has 2 heterocycles. The number of nitrogens with zero attached hydrogens (tertiary/aromatic N) is 3. The topological polar surface area (TPSA) is 111 Å². The van der Waals surface area contributed by atoms with Gasteiger partial charge < -0.3 is 5.32 Å². The summed E-state index contributed by atoms with van der Waals surface area (Å²) in [5, 5.41) is 10.0. The van der Waals surface area contributed by atoms with Gasteiger partial charge in [-0.2, -0.15) is 0 Å². The van der Waals surface area contributed by atoms with Crippen LogP contribution in [0.4, 0.5) is 11.6 Å². The summed E-state index contributed by atoms with van der Waals surface area (Å²) in [4.78, 5) is 13.4. The SMILES string of the molecule is Cc1nc2c(ccc3cnc(Nc4cccc(S(N)(=O)=O)c4)nc32)s1. The summed E-state index contributed by atoms with van der Waals surface area (Å²) in [7, 11) is -3.77. The Kier molecular flexibility index (Phi) is 3.64. The van der Waals surface area contributed by atoms with Gasteiger partial charge in [-0.15, -0.1) is 11.3 Å². The minimum Gasteiger partial charge on any atom is -0.324 e. The van der Waals surface area contributed by atoms with Crippen LogP contribution >= 0.6 is 11.3 Å². The van der Waals surface area contributed by atoms with Crippen LogP contribution in [0.2, 0.25) is 0 Å². The van der Waals surface area contributed by atoms with Crippen molar-refractivity contribution in [2.45, 2.75) is 11.8 Å². The van der Waals surface area contributed by atoms with Crippen LogP contribution in [-0.4, -0.2) is 23.4 Å². The van der Waals surface area contributed by atoms with E-state index in [1.54, 1.807) is 29.7 Å². The third-order valence-corrected chi connectivity index (χ3v) is 5.48. The maximum atomic E-state index is 11.5. The molecule has 0 atom stereocenters. The second-order valence-corrected chi connectivity index (χ2v) is 8.27. The Labute approximate surface area is 147 Å². The van der Waals surface area contributed by atoms with E-state index in [1.807, 2.05) is 19.1 Å². The average Bonchev–Trinajstić information content (AvgIpc) is 2.95. The molecule has 2 aromatic carbocycles.